The Labute approximate surface area is 164 Å². The molecule has 7 heteroatoms. The lowest BCUT2D eigenvalue weighted by atomic mass is 9.90. The summed E-state index contributed by atoms with van der Waals surface area (Å²) in [4.78, 5) is 28.3. The molecule has 4 rings (SSSR count). The van der Waals surface area contributed by atoms with Crippen LogP contribution >= 0.6 is 0 Å². The predicted octanol–water partition coefficient (Wildman–Crippen LogP) is 2.91. The van der Waals surface area contributed by atoms with Crippen LogP contribution in [0.1, 0.15) is 46.3 Å². The lowest BCUT2D eigenvalue weighted by Gasteiger charge is -2.33. The van der Waals surface area contributed by atoms with Crippen molar-refractivity contribution in [3.05, 3.63) is 59.7 Å². The van der Waals surface area contributed by atoms with Gasteiger partial charge in [0.05, 0.1) is 17.5 Å². The van der Waals surface area contributed by atoms with Crippen molar-refractivity contribution in [1.29, 1.82) is 0 Å². The van der Waals surface area contributed by atoms with Crippen molar-refractivity contribution < 1.29 is 4.79 Å². The highest BCUT2D eigenvalue weighted by molar-refractivity contribution is 5.95. The zero-order chi connectivity index (χ0) is 19.7. The third kappa shape index (κ3) is 3.40. The Balaban J connectivity index is 1.64. The van der Waals surface area contributed by atoms with Gasteiger partial charge in [0.25, 0.3) is 5.91 Å². The van der Waals surface area contributed by atoms with Crippen LogP contribution in [0.4, 0.5) is 0 Å². The number of hydrogen-bond donors (Lipinski definition) is 0. The third-order valence-corrected chi connectivity index (χ3v) is 5.49. The van der Waals surface area contributed by atoms with Crippen molar-refractivity contribution in [2.75, 3.05) is 13.1 Å². The number of likely N-dealkylation sites (tertiary alicyclic amines) is 1. The summed E-state index contributed by atoms with van der Waals surface area (Å²) in [5.41, 5.74) is 4.65. The van der Waals surface area contributed by atoms with Crippen LogP contribution in [0.2, 0.25) is 0 Å². The Bertz CT molecular complexity index is 997. The Morgan fingerprint density at radius 3 is 2.68 bits per heavy atom. The fourth-order valence-electron chi connectivity index (χ4n) is 3.82. The Kier molecular flexibility index (Phi) is 4.90. The van der Waals surface area contributed by atoms with Gasteiger partial charge in [-0.25, -0.2) is 9.97 Å². The summed E-state index contributed by atoms with van der Waals surface area (Å²) in [7, 11) is 1.86. The first-order valence-corrected chi connectivity index (χ1v) is 9.56. The molecule has 3 aromatic rings. The number of aryl methyl sites for hydroxylation is 2. The number of hydrogen-bond acceptors (Lipinski definition) is 5. The van der Waals surface area contributed by atoms with Crippen LogP contribution in [0.3, 0.4) is 0 Å². The fourth-order valence-corrected chi connectivity index (χ4v) is 3.82. The molecule has 0 aliphatic carbocycles. The molecule has 7 nitrogen and oxygen atoms in total. The highest BCUT2D eigenvalue weighted by Gasteiger charge is 2.29. The van der Waals surface area contributed by atoms with Gasteiger partial charge in [-0.3, -0.25) is 14.5 Å². The monoisotopic (exact) mass is 376 g/mol. The van der Waals surface area contributed by atoms with Gasteiger partial charge in [0.1, 0.15) is 5.82 Å². The number of rotatable bonds is 3. The molecule has 0 aromatic carbocycles. The normalized spacial score (nSPS) is 17.0. The summed E-state index contributed by atoms with van der Waals surface area (Å²) in [6, 6.07) is 3.95. The average molecular weight is 376 g/mol. The lowest BCUT2D eigenvalue weighted by molar-refractivity contribution is 0.0705. The molecule has 144 valence electrons. The molecule has 4 heterocycles. The van der Waals surface area contributed by atoms with Crippen molar-refractivity contribution in [1.82, 2.24) is 29.6 Å². The van der Waals surface area contributed by atoms with Crippen molar-refractivity contribution in [3.8, 4) is 11.1 Å². The Hall–Kier alpha value is -3.09. The van der Waals surface area contributed by atoms with Crippen LogP contribution in [0.5, 0.6) is 0 Å². The minimum atomic E-state index is 0.0477. The molecule has 0 N–H and O–H groups in total. The first-order chi connectivity index (χ1) is 13.5. The smallest absolute Gasteiger partial charge is 0.257 e. The van der Waals surface area contributed by atoms with E-state index in [9.17, 15) is 4.79 Å². The summed E-state index contributed by atoms with van der Waals surface area (Å²) in [5, 5.41) is 4.22. The van der Waals surface area contributed by atoms with E-state index in [1.807, 2.05) is 44.1 Å². The number of carbonyl (C=O) groups is 1. The molecule has 0 bridgehead atoms. The predicted molar refractivity (Wildman–Crippen MR) is 106 cm³/mol. The molecule has 1 unspecified atom stereocenters. The van der Waals surface area contributed by atoms with E-state index in [0.717, 1.165) is 47.7 Å². The van der Waals surface area contributed by atoms with Crippen molar-refractivity contribution in [2.45, 2.75) is 32.6 Å². The Morgan fingerprint density at radius 2 is 1.96 bits per heavy atom. The Morgan fingerprint density at radius 1 is 1.18 bits per heavy atom. The summed E-state index contributed by atoms with van der Waals surface area (Å²) >= 11 is 0. The summed E-state index contributed by atoms with van der Waals surface area (Å²) in [5.74, 6) is 0.977. The zero-order valence-electron chi connectivity index (χ0n) is 16.5. The van der Waals surface area contributed by atoms with Crippen molar-refractivity contribution >= 4 is 5.91 Å². The van der Waals surface area contributed by atoms with Gasteiger partial charge in [-0.05, 0) is 44.4 Å². The molecule has 3 aromatic heterocycles. The van der Waals surface area contributed by atoms with E-state index in [1.54, 1.807) is 23.3 Å². The van der Waals surface area contributed by atoms with Crippen LogP contribution in [-0.2, 0) is 7.05 Å². The molecule has 1 saturated heterocycles. The van der Waals surface area contributed by atoms with Crippen LogP contribution < -0.4 is 0 Å². The first-order valence-electron chi connectivity index (χ1n) is 9.56. The fraction of sp³-hybridized carbons (Fsp3) is 0.381. The quantitative estimate of drug-likeness (QED) is 0.702. The molecule has 1 atom stereocenters. The van der Waals surface area contributed by atoms with Crippen LogP contribution in [0.25, 0.3) is 11.1 Å². The van der Waals surface area contributed by atoms with Crippen molar-refractivity contribution in [3.63, 3.8) is 0 Å². The molecule has 1 aliphatic rings. The number of nitrogens with zero attached hydrogens (tertiary/aromatic N) is 6. The number of carbonyl (C=O) groups excluding carboxylic acids is 1. The van der Waals surface area contributed by atoms with Crippen molar-refractivity contribution in [2.24, 2.45) is 7.05 Å². The van der Waals surface area contributed by atoms with Crippen LogP contribution in [0, 0.1) is 13.8 Å². The van der Waals surface area contributed by atoms with E-state index in [2.05, 4.69) is 15.1 Å². The van der Waals surface area contributed by atoms with Gasteiger partial charge in [-0.1, -0.05) is 0 Å². The highest BCUT2D eigenvalue weighted by Crippen LogP contribution is 2.33. The van der Waals surface area contributed by atoms with Gasteiger partial charge in [-0.2, -0.15) is 5.10 Å². The summed E-state index contributed by atoms with van der Waals surface area (Å²) in [6.07, 6.45) is 9.07. The topological polar surface area (TPSA) is 76.8 Å². The third-order valence-electron chi connectivity index (χ3n) is 5.49. The second-order valence-electron chi connectivity index (χ2n) is 7.31. The molecule has 28 heavy (non-hydrogen) atoms. The highest BCUT2D eigenvalue weighted by atomic mass is 16.2. The molecule has 1 fully saturated rings. The van der Waals surface area contributed by atoms with Gasteiger partial charge < -0.3 is 4.90 Å². The molecule has 0 spiro atoms. The molecular formula is C21H24N6O. The summed E-state index contributed by atoms with van der Waals surface area (Å²) in [6.45, 7) is 5.25. The lowest BCUT2D eigenvalue weighted by Crippen LogP contribution is -2.39. The van der Waals surface area contributed by atoms with E-state index >= 15 is 0 Å². The number of piperidine rings is 1. The molecule has 0 saturated carbocycles. The first kappa shape index (κ1) is 18.3. The van der Waals surface area contributed by atoms with Gasteiger partial charge in [0.15, 0.2) is 0 Å². The van der Waals surface area contributed by atoms with Gasteiger partial charge in [0, 0.05) is 55.9 Å². The largest absolute Gasteiger partial charge is 0.338 e. The molecule has 1 aliphatic heterocycles. The van der Waals surface area contributed by atoms with E-state index in [0.29, 0.717) is 12.1 Å². The van der Waals surface area contributed by atoms with Gasteiger partial charge in [0.2, 0.25) is 0 Å². The second-order valence-corrected chi connectivity index (χ2v) is 7.31. The SMILES string of the molecule is Cc1ncc(-c2ccncc2)c(C2CCCN(C(=O)c3cnn(C)c3C)C2)n1. The van der Waals surface area contributed by atoms with E-state index in [4.69, 9.17) is 4.98 Å². The number of pyridine rings is 1. The maximum Gasteiger partial charge on any atom is 0.257 e. The molecular weight excluding hydrogens is 352 g/mol. The van der Waals surface area contributed by atoms with Crippen LogP contribution in [-0.4, -0.2) is 48.6 Å². The molecule has 0 radical (unpaired) electrons. The summed E-state index contributed by atoms with van der Waals surface area (Å²) < 4.78 is 1.74. The number of aromatic nitrogens is 5. The minimum absolute atomic E-state index is 0.0477. The van der Waals surface area contributed by atoms with E-state index in [1.165, 1.54) is 0 Å². The van der Waals surface area contributed by atoms with Gasteiger partial charge >= 0.3 is 0 Å². The van der Waals surface area contributed by atoms with E-state index in [-0.39, 0.29) is 11.8 Å². The maximum absolute atomic E-state index is 13.1. The second kappa shape index (κ2) is 7.50. The average Bonchev–Trinajstić information content (AvgIpc) is 3.06. The minimum Gasteiger partial charge on any atom is -0.338 e. The molecule has 1 amide bonds. The zero-order valence-corrected chi connectivity index (χ0v) is 16.5. The number of amides is 1. The maximum atomic E-state index is 13.1. The standard InChI is InChI=1S/C21H24N6O/c1-14-18(12-24-26(14)3)21(28)27-10-4-5-17(13-27)20-19(11-23-15(2)25-20)16-6-8-22-9-7-16/h6-9,11-12,17H,4-5,10,13H2,1-3H3. The van der Waals surface area contributed by atoms with Crippen LogP contribution in [0.15, 0.2) is 36.9 Å². The van der Waals surface area contributed by atoms with Gasteiger partial charge in [-0.15, -0.1) is 0 Å². The van der Waals surface area contributed by atoms with E-state index < -0.39 is 0 Å².